The molecule has 0 aromatic heterocycles. The van der Waals surface area contributed by atoms with Crippen LogP contribution in [0.15, 0.2) is 42.5 Å². The van der Waals surface area contributed by atoms with Crippen molar-refractivity contribution in [2.45, 2.75) is 12.6 Å². The number of anilines is 2. The molecule has 0 radical (unpaired) electrons. The van der Waals surface area contributed by atoms with Crippen molar-refractivity contribution in [1.82, 2.24) is 0 Å². The molecular formula is C16H16ClN3O. The van der Waals surface area contributed by atoms with Gasteiger partial charge in [-0.25, -0.2) is 0 Å². The van der Waals surface area contributed by atoms with Crippen LogP contribution in [0.3, 0.4) is 0 Å². The van der Waals surface area contributed by atoms with Gasteiger partial charge in [0.05, 0.1) is 10.7 Å². The van der Waals surface area contributed by atoms with Gasteiger partial charge >= 0.3 is 0 Å². The predicted octanol–water partition coefficient (Wildman–Crippen LogP) is 2.93. The van der Waals surface area contributed by atoms with Crippen LogP contribution in [0.4, 0.5) is 11.4 Å². The first-order valence-corrected chi connectivity index (χ1v) is 7.09. The summed E-state index contributed by atoms with van der Waals surface area (Å²) < 4.78 is 0. The number of hydrogen-bond donors (Lipinski definition) is 2. The van der Waals surface area contributed by atoms with Gasteiger partial charge in [0.15, 0.2) is 0 Å². The second kappa shape index (κ2) is 5.39. The van der Waals surface area contributed by atoms with E-state index in [1.54, 1.807) is 6.07 Å². The van der Waals surface area contributed by atoms with Crippen molar-refractivity contribution in [3.05, 3.63) is 58.6 Å². The number of hydrogen-bond acceptors (Lipinski definition) is 3. The molecule has 0 saturated carbocycles. The van der Waals surface area contributed by atoms with Crippen LogP contribution in [0, 0.1) is 0 Å². The van der Waals surface area contributed by atoms with Gasteiger partial charge in [0.25, 0.3) is 0 Å². The summed E-state index contributed by atoms with van der Waals surface area (Å²) in [7, 11) is 1.97. The highest BCUT2D eigenvalue weighted by Crippen LogP contribution is 2.38. The van der Waals surface area contributed by atoms with Gasteiger partial charge < -0.3 is 16.0 Å². The summed E-state index contributed by atoms with van der Waals surface area (Å²) in [5.41, 5.74) is 9.38. The van der Waals surface area contributed by atoms with Crippen molar-refractivity contribution in [1.29, 1.82) is 0 Å². The van der Waals surface area contributed by atoms with Gasteiger partial charge in [0.1, 0.15) is 6.04 Å². The summed E-state index contributed by atoms with van der Waals surface area (Å²) in [5.74, 6) is -0.191. The van der Waals surface area contributed by atoms with E-state index in [9.17, 15) is 4.79 Å². The van der Waals surface area contributed by atoms with Crippen molar-refractivity contribution in [3.63, 3.8) is 0 Å². The minimum Gasteiger partial charge on any atom is -0.369 e. The maximum absolute atomic E-state index is 11.6. The Morgan fingerprint density at radius 2 is 2.00 bits per heavy atom. The highest BCUT2D eigenvalue weighted by molar-refractivity contribution is 6.33. The number of benzene rings is 2. The van der Waals surface area contributed by atoms with Crippen molar-refractivity contribution >= 4 is 28.9 Å². The van der Waals surface area contributed by atoms with Crippen LogP contribution in [0.5, 0.6) is 0 Å². The van der Waals surface area contributed by atoms with E-state index in [-0.39, 0.29) is 5.91 Å². The maximum atomic E-state index is 11.6. The van der Waals surface area contributed by atoms with E-state index >= 15 is 0 Å². The molecule has 1 unspecified atom stereocenters. The number of carbonyl (C=O) groups is 1. The minimum absolute atomic E-state index is 0.191. The Morgan fingerprint density at radius 3 is 2.71 bits per heavy atom. The van der Waals surface area contributed by atoms with Crippen LogP contribution in [0.25, 0.3) is 0 Å². The molecule has 2 aromatic rings. The number of halogens is 1. The molecule has 3 rings (SSSR count). The van der Waals surface area contributed by atoms with E-state index in [1.165, 1.54) is 5.56 Å². The molecule has 3 N–H and O–H groups in total. The highest BCUT2D eigenvalue weighted by atomic mass is 35.5. The Bertz CT molecular complexity index is 687. The Morgan fingerprint density at radius 1 is 1.29 bits per heavy atom. The molecule has 108 valence electrons. The Balaban J connectivity index is 1.90. The van der Waals surface area contributed by atoms with E-state index in [0.717, 1.165) is 23.5 Å². The Labute approximate surface area is 128 Å². The van der Waals surface area contributed by atoms with E-state index < -0.39 is 6.04 Å². The first-order valence-electron chi connectivity index (χ1n) is 6.71. The third kappa shape index (κ3) is 2.60. The molecule has 0 spiro atoms. The van der Waals surface area contributed by atoms with Gasteiger partial charge in [-0.15, -0.1) is 0 Å². The normalized spacial score (nSPS) is 16.5. The number of rotatable bonds is 3. The summed E-state index contributed by atoms with van der Waals surface area (Å²) in [4.78, 5) is 13.7. The molecule has 1 aliphatic rings. The van der Waals surface area contributed by atoms with E-state index in [4.69, 9.17) is 17.3 Å². The van der Waals surface area contributed by atoms with Crippen molar-refractivity contribution in [2.24, 2.45) is 5.73 Å². The van der Waals surface area contributed by atoms with Gasteiger partial charge in [-0.3, -0.25) is 4.79 Å². The van der Waals surface area contributed by atoms with Crippen LogP contribution in [0.2, 0.25) is 5.02 Å². The minimum atomic E-state index is -0.633. The molecule has 2 aromatic carbocycles. The molecule has 0 fully saturated rings. The summed E-state index contributed by atoms with van der Waals surface area (Å²) in [6.07, 6.45) is 0. The lowest BCUT2D eigenvalue weighted by Crippen LogP contribution is -2.19. The lowest BCUT2D eigenvalue weighted by molar-refractivity contribution is -0.116. The number of amides is 1. The first kappa shape index (κ1) is 13.9. The lowest BCUT2D eigenvalue weighted by Gasteiger charge is -2.22. The number of nitrogens with two attached hydrogens (primary N) is 1. The van der Waals surface area contributed by atoms with E-state index in [2.05, 4.69) is 17.4 Å². The van der Waals surface area contributed by atoms with Gasteiger partial charge in [-0.2, -0.15) is 0 Å². The predicted molar refractivity (Wildman–Crippen MR) is 85.6 cm³/mol. The molecule has 1 aliphatic heterocycles. The van der Waals surface area contributed by atoms with Crippen LogP contribution in [0.1, 0.15) is 17.2 Å². The summed E-state index contributed by atoms with van der Waals surface area (Å²) >= 11 is 6.35. The van der Waals surface area contributed by atoms with Crippen LogP contribution < -0.4 is 16.0 Å². The maximum Gasteiger partial charge on any atom is 0.245 e. The zero-order valence-electron chi connectivity index (χ0n) is 11.6. The molecular weight excluding hydrogens is 286 g/mol. The van der Waals surface area contributed by atoms with Crippen molar-refractivity contribution in [2.75, 3.05) is 17.3 Å². The number of nitrogens with zero attached hydrogens (tertiary/aromatic N) is 1. The third-order valence-electron chi connectivity index (χ3n) is 3.67. The number of fused-ring (bicyclic) bond motifs is 1. The largest absolute Gasteiger partial charge is 0.369 e. The second-order valence-corrected chi connectivity index (χ2v) is 5.61. The third-order valence-corrected chi connectivity index (χ3v) is 3.97. The lowest BCUT2D eigenvalue weighted by atomic mass is 10.1. The summed E-state index contributed by atoms with van der Waals surface area (Å²) in [6.45, 7) is 0.735. The van der Waals surface area contributed by atoms with Crippen LogP contribution in [-0.2, 0) is 11.3 Å². The Kier molecular flexibility index (Phi) is 3.57. The first-order chi connectivity index (χ1) is 10.1. The summed E-state index contributed by atoms with van der Waals surface area (Å²) in [5, 5.41) is 3.38. The van der Waals surface area contributed by atoms with Crippen LogP contribution in [-0.4, -0.2) is 13.0 Å². The molecule has 0 saturated heterocycles. The molecule has 1 heterocycles. The quantitative estimate of drug-likeness (QED) is 0.916. The molecule has 5 heteroatoms. The zero-order chi connectivity index (χ0) is 15.0. The van der Waals surface area contributed by atoms with E-state index in [1.807, 2.05) is 36.2 Å². The highest BCUT2D eigenvalue weighted by Gasteiger charge is 2.28. The molecule has 0 bridgehead atoms. The Hall–Kier alpha value is -2.04. The number of carbonyl (C=O) groups excluding carboxylic acids is 1. The van der Waals surface area contributed by atoms with Gasteiger partial charge in [-0.1, -0.05) is 41.9 Å². The molecule has 1 atom stereocenters. The smallest absolute Gasteiger partial charge is 0.245 e. The average molecular weight is 302 g/mol. The van der Waals surface area contributed by atoms with Gasteiger partial charge in [0.2, 0.25) is 5.91 Å². The monoisotopic (exact) mass is 301 g/mol. The molecule has 21 heavy (non-hydrogen) atoms. The van der Waals surface area contributed by atoms with Gasteiger partial charge in [0, 0.05) is 24.8 Å². The fourth-order valence-corrected chi connectivity index (χ4v) is 2.85. The SMILES string of the molecule is CN(Cc1ccccc1)c1cc2c(cc1Cl)C(N)C(=O)N2. The molecule has 1 amide bonds. The van der Waals surface area contributed by atoms with E-state index in [0.29, 0.717) is 5.02 Å². The average Bonchev–Trinajstić information content (AvgIpc) is 2.74. The number of nitrogens with one attached hydrogen (secondary N) is 1. The standard InChI is InChI=1S/C16H16ClN3O/c1-20(9-10-5-3-2-4-6-10)14-8-13-11(7-12(14)17)15(18)16(21)19-13/h2-8,15H,9,18H2,1H3,(H,19,21). The zero-order valence-corrected chi connectivity index (χ0v) is 12.4. The van der Waals surface area contributed by atoms with Gasteiger partial charge in [-0.05, 0) is 17.7 Å². The topological polar surface area (TPSA) is 58.4 Å². The summed E-state index contributed by atoms with van der Waals surface area (Å²) in [6, 6.07) is 13.2. The second-order valence-electron chi connectivity index (χ2n) is 5.20. The van der Waals surface area contributed by atoms with Crippen molar-refractivity contribution in [3.8, 4) is 0 Å². The van der Waals surface area contributed by atoms with Crippen molar-refractivity contribution < 1.29 is 4.79 Å². The van der Waals surface area contributed by atoms with Crippen LogP contribution >= 0.6 is 11.6 Å². The molecule has 0 aliphatic carbocycles. The fourth-order valence-electron chi connectivity index (χ4n) is 2.53. The fraction of sp³-hybridized carbons (Fsp3) is 0.188. The molecule has 4 nitrogen and oxygen atoms in total.